The van der Waals surface area contributed by atoms with Crippen molar-refractivity contribution in [3.63, 3.8) is 0 Å². The van der Waals surface area contributed by atoms with Gasteiger partial charge in [0.1, 0.15) is 11.6 Å². The van der Waals surface area contributed by atoms with Crippen LogP contribution in [0.4, 0.5) is 11.8 Å². The van der Waals surface area contributed by atoms with Crippen molar-refractivity contribution in [2.24, 2.45) is 11.1 Å². The SMILES string of the molecule is N#Cc1cnc(N)nc1N1CC(CS(N)(=O)=O)CC1=O. The number of rotatable bonds is 3. The van der Waals surface area contributed by atoms with Crippen molar-refractivity contribution in [3.8, 4) is 6.07 Å². The standard InChI is InChI=1S/C10H12N6O3S/c11-2-7-3-14-10(12)15-9(7)16-4-6(1-8(16)17)5-20(13,18)19/h3,6H,1,4-5H2,(H2,12,14,15)(H2,13,18,19). The first-order valence-corrected chi connectivity index (χ1v) is 7.35. The van der Waals surface area contributed by atoms with Gasteiger partial charge in [-0.2, -0.15) is 10.2 Å². The largest absolute Gasteiger partial charge is 0.368 e. The van der Waals surface area contributed by atoms with Crippen LogP contribution < -0.4 is 15.8 Å². The summed E-state index contributed by atoms with van der Waals surface area (Å²) in [6.45, 7) is 0.125. The molecule has 0 spiro atoms. The first-order valence-electron chi connectivity index (χ1n) is 5.63. The summed E-state index contributed by atoms with van der Waals surface area (Å²) >= 11 is 0. The second-order valence-corrected chi connectivity index (χ2v) is 6.14. The number of nitriles is 1. The lowest BCUT2D eigenvalue weighted by Crippen LogP contribution is -2.29. The van der Waals surface area contributed by atoms with Gasteiger partial charge in [-0.3, -0.25) is 9.69 Å². The topological polar surface area (TPSA) is 156 Å². The fraction of sp³-hybridized carbons (Fsp3) is 0.400. The maximum Gasteiger partial charge on any atom is 0.228 e. The van der Waals surface area contributed by atoms with Gasteiger partial charge in [0, 0.05) is 18.9 Å². The molecule has 10 heteroatoms. The van der Waals surface area contributed by atoms with Crippen LogP contribution in [0, 0.1) is 17.2 Å². The molecule has 1 saturated heterocycles. The predicted octanol–water partition coefficient (Wildman–Crippen LogP) is -1.43. The van der Waals surface area contributed by atoms with Crippen LogP contribution in [0.5, 0.6) is 0 Å². The summed E-state index contributed by atoms with van der Waals surface area (Å²) in [6.07, 6.45) is 1.25. The average molecular weight is 296 g/mol. The minimum absolute atomic E-state index is 0.0329. The molecule has 0 bridgehead atoms. The van der Waals surface area contributed by atoms with E-state index in [0.29, 0.717) is 0 Å². The first kappa shape index (κ1) is 14.2. The van der Waals surface area contributed by atoms with E-state index >= 15 is 0 Å². The zero-order valence-corrected chi connectivity index (χ0v) is 11.2. The lowest BCUT2D eigenvalue weighted by molar-refractivity contribution is -0.117. The number of sulfonamides is 1. The highest BCUT2D eigenvalue weighted by Gasteiger charge is 2.34. The molecule has 1 amide bonds. The Morgan fingerprint density at radius 1 is 1.55 bits per heavy atom. The second-order valence-electron chi connectivity index (χ2n) is 4.48. The van der Waals surface area contributed by atoms with Gasteiger partial charge in [-0.05, 0) is 0 Å². The number of nitrogens with two attached hydrogens (primary N) is 2. The van der Waals surface area contributed by atoms with Crippen molar-refractivity contribution >= 4 is 27.7 Å². The van der Waals surface area contributed by atoms with Crippen molar-refractivity contribution in [1.29, 1.82) is 5.26 Å². The number of carbonyl (C=O) groups excluding carboxylic acids is 1. The molecular weight excluding hydrogens is 284 g/mol. The quantitative estimate of drug-likeness (QED) is 0.692. The maximum atomic E-state index is 11.9. The van der Waals surface area contributed by atoms with Crippen molar-refractivity contribution in [2.75, 3.05) is 22.9 Å². The summed E-state index contributed by atoms with van der Waals surface area (Å²) in [4.78, 5) is 20.7. The van der Waals surface area contributed by atoms with Crippen LogP contribution in [-0.4, -0.2) is 36.6 Å². The Hall–Kier alpha value is -2.25. The summed E-state index contributed by atoms with van der Waals surface area (Å²) in [5.41, 5.74) is 5.55. The van der Waals surface area contributed by atoms with Crippen LogP contribution in [0.3, 0.4) is 0 Å². The minimum atomic E-state index is -3.66. The summed E-state index contributed by atoms with van der Waals surface area (Å²) in [7, 11) is -3.66. The van der Waals surface area contributed by atoms with Crippen LogP contribution in [-0.2, 0) is 14.8 Å². The van der Waals surface area contributed by atoms with E-state index in [2.05, 4.69) is 9.97 Å². The third kappa shape index (κ3) is 3.01. The molecule has 1 aliphatic rings. The summed E-state index contributed by atoms with van der Waals surface area (Å²) < 4.78 is 22.1. The van der Waals surface area contributed by atoms with Crippen molar-refractivity contribution < 1.29 is 13.2 Å². The maximum absolute atomic E-state index is 11.9. The first-order chi connectivity index (χ1) is 9.30. The molecule has 2 heterocycles. The molecule has 1 aliphatic heterocycles. The van der Waals surface area contributed by atoms with E-state index in [1.54, 1.807) is 0 Å². The van der Waals surface area contributed by atoms with Crippen LogP contribution in [0.2, 0.25) is 0 Å². The molecule has 9 nitrogen and oxygen atoms in total. The van der Waals surface area contributed by atoms with E-state index in [1.165, 1.54) is 11.1 Å². The van der Waals surface area contributed by atoms with E-state index in [9.17, 15) is 13.2 Å². The van der Waals surface area contributed by atoms with Crippen LogP contribution in [0.25, 0.3) is 0 Å². The lowest BCUT2D eigenvalue weighted by atomic mass is 10.1. The Labute approximate surface area is 115 Å². The molecule has 0 aromatic carbocycles. The van der Waals surface area contributed by atoms with Gasteiger partial charge in [0.2, 0.25) is 21.9 Å². The number of anilines is 2. The van der Waals surface area contributed by atoms with Crippen molar-refractivity contribution in [1.82, 2.24) is 9.97 Å². The third-order valence-corrected chi connectivity index (χ3v) is 3.77. The molecule has 1 unspecified atom stereocenters. The molecule has 0 radical (unpaired) electrons. The van der Waals surface area contributed by atoms with Crippen LogP contribution in [0.15, 0.2) is 6.20 Å². The molecule has 1 atom stereocenters. The van der Waals surface area contributed by atoms with Gasteiger partial charge in [0.15, 0.2) is 5.82 Å². The number of amides is 1. The van der Waals surface area contributed by atoms with Crippen molar-refractivity contribution in [2.45, 2.75) is 6.42 Å². The number of hydrogen-bond acceptors (Lipinski definition) is 7. The summed E-state index contributed by atoms with van der Waals surface area (Å²) in [5, 5.41) is 14.0. The number of aromatic nitrogens is 2. The molecule has 4 N–H and O–H groups in total. The van der Waals surface area contributed by atoms with Gasteiger partial charge in [-0.25, -0.2) is 18.5 Å². The molecule has 0 aliphatic carbocycles. The highest BCUT2D eigenvalue weighted by molar-refractivity contribution is 7.89. The van der Waals surface area contributed by atoms with E-state index < -0.39 is 15.9 Å². The predicted molar refractivity (Wildman–Crippen MR) is 69.6 cm³/mol. The molecule has 106 valence electrons. The fourth-order valence-corrected chi connectivity index (χ4v) is 2.98. The Morgan fingerprint density at radius 2 is 2.25 bits per heavy atom. The normalized spacial score (nSPS) is 19.1. The van der Waals surface area contributed by atoms with E-state index in [4.69, 9.17) is 16.1 Å². The van der Waals surface area contributed by atoms with Gasteiger partial charge >= 0.3 is 0 Å². The Kier molecular flexibility index (Phi) is 3.56. The third-order valence-electron chi connectivity index (χ3n) is 2.84. The number of nitrogens with zero attached hydrogens (tertiary/aromatic N) is 4. The lowest BCUT2D eigenvalue weighted by Gasteiger charge is -2.16. The average Bonchev–Trinajstić information content (AvgIpc) is 2.67. The molecule has 0 saturated carbocycles. The highest BCUT2D eigenvalue weighted by atomic mass is 32.2. The molecule has 20 heavy (non-hydrogen) atoms. The van der Waals surface area contributed by atoms with Gasteiger partial charge in [-0.1, -0.05) is 0 Å². The molecule has 1 aromatic heterocycles. The fourth-order valence-electron chi connectivity index (χ4n) is 2.10. The monoisotopic (exact) mass is 296 g/mol. The van der Waals surface area contributed by atoms with Gasteiger partial charge in [0.25, 0.3) is 0 Å². The summed E-state index contributed by atoms with van der Waals surface area (Å²) in [6, 6.07) is 1.87. The van der Waals surface area contributed by atoms with Gasteiger partial charge < -0.3 is 5.73 Å². The van der Waals surface area contributed by atoms with E-state index in [1.807, 2.05) is 6.07 Å². The Bertz CT molecular complexity index is 695. The van der Waals surface area contributed by atoms with E-state index in [-0.39, 0.29) is 42.0 Å². The molecular formula is C10H12N6O3S. The summed E-state index contributed by atoms with van der Waals surface area (Å²) in [5.74, 6) is -1.02. The zero-order chi connectivity index (χ0) is 14.9. The van der Waals surface area contributed by atoms with Crippen molar-refractivity contribution in [3.05, 3.63) is 11.8 Å². The number of carbonyl (C=O) groups is 1. The molecule has 1 fully saturated rings. The smallest absolute Gasteiger partial charge is 0.228 e. The Balaban J connectivity index is 2.29. The van der Waals surface area contributed by atoms with Gasteiger partial charge in [0.05, 0.1) is 11.9 Å². The minimum Gasteiger partial charge on any atom is -0.368 e. The Morgan fingerprint density at radius 3 is 2.85 bits per heavy atom. The number of nitrogen functional groups attached to an aromatic ring is 1. The highest BCUT2D eigenvalue weighted by Crippen LogP contribution is 2.26. The van der Waals surface area contributed by atoms with E-state index in [0.717, 1.165) is 0 Å². The molecule has 2 rings (SSSR count). The van der Waals surface area contributed by atoms with Crippen LogP contribution >= 0.6 is 0 Å². The molecule has 1 aromatic rings. The zero-order valence-electron chi connectivity index (χ0n) is 10.4. The van der Waals surface area contributed by atoms with Gasteiger partial charge in [-0.15, -0.1) is 0 Å². The van der Waals surface area contributed by atoms with Crippen LogP contribution in [0.1, 0.15) is 12.0 Å². The number of hydrogen-bond donors (Lipinski definition) is 2. The second kappa shape index (κ2) is 5.03. The number of primary sulfonamides is 1.